The second kappa shape index (κ2) is 10.5. The molecule has 0 saturated heterocycles. The number of carbonyl (C=O) groups excluding carboxylic acids is 1. The van der Waals surface area contributed by atoms with Crippen molar-refractivity contribution in [3.8, 4) is 5.75 Å². The number of hydrogen-bond acceptors (Lipinski definition) is 4. The Morgan fingerprint density at radius 3 is 2.68 bits per heavy atom. The number of methoxy groups -OCH3 is 1. The van der Waals surface area contributed by atoms with Crippen molar-refractivity contribution in [2.75, 3.05) is 40.4 Å². The summed E-state index contributed by atoms with van der Waals surface area (Å²) in [6.07, 6.45) is 0.278. The van der Waals surface area contributed by atoms with Gasteiger partial charge in [0, 0.05) is 13.6 Å². The first kappa shape index (κ1) is 17.8. The third-order valence-electron chi connectivity index (χ3n) is 2.94. The molecule has 6 heteroatoms. The summed E-state index contributed by atoms with van der Waals surface area (Å²) in [7, 11) is 3.32. The van der Waals surface area contributed by atoms with E-state index in [0.29, 0.717) is 19.7 Å². The number of para-hydroxylation sites is 1. The van der Waals surface area contributed by atoms with Crippen molar-refractivity contribution < 1.29 is 14.3 Å². The van der Waals surface area contributed by atoms with Crippen LogP contribution in [0, 0.1) is 0 Å². The summed E-state index contributed by atoms with van der Waals surface area (Å²) in [5.41, 5.74) is 0. The highest BCUT2D eigenvalue weighted by Gasteiger charge is 2.06. The number of hydrogen-bond donors (Lipinski definition) is 1. The highest BCUT2D eigenvalue weighted by molar-refractivity contribution is 5.80. The molecule has 0 aliphatic heterocycles. The number of likely N-dealkylation sites (N-methyl/N-ethyl adjacent to an activating group) is 1. The maximum absolute atomic E-state index is 11.1. The zero-order valence-electron chi connectivity index (χ0n) is 13.5. The van der Waals surface area contributed by atoms with Crippen molar-refractivity contribution in [2.24, 2.45) is 4.99 Å². The Labute approximate surface area is 132 Å². The van der Waals surface area contributed by atoms with Crippen molar-refractivity contribution in [1.29, 1.82) is 0 Å². The van der Waals surface area contributed by atoms with Crippen molar-refractivity contribution >= 4 is 11.9 Å². The van der Waals surface area contributed by atoms with Crippen LogP contribution in [0.1, 0.15) is 13.3 Å². The monoisotopic (exact) mass is 307 g/mol. The topological polar surface area (TPSA) is 63.2 Å². The fourth-order valence-electron chi connectivity index (χ4n) is 1.75. The van der Waals surface area contributed by atoms with E-state index >= 15 is 0 Å². The molecule has 1 aromatic carbocycles. The van der Waals surface area contributed by atoms with Gasteiger partial charge in [0.05, 0.1) is 26.6 Å². The number of aliphatic imine (C=N–C) groups is 1. The third kappa shape index (κ3) is 6.97. The lowest BCUT2D eigenvalue weighted by molar-refractivity contribution is -0.140. The lowest BCUT2D eigenvalue weighted by Crippen LogP contribution is -2.41. The van der Waals surface area contributed by atoms with E-state index in [1.165, 1.54) is 7.11 Å². The smallest absolute Gasteiger partial charge is 0.307 e. The van der Waals surface area contributed by atoms with Crippen molar-refractivity contribution in [3.05, 3.63) is 30.3 Å². The van der Waals surface area contributed by atoms with Crippen LogP contribution < -0.4 is 10.1 Å². The van der Waals surface area contributed by atoms with Crippen LogP contribution in [-0.2, 0) is 9.53 Å². The molecule has 0 bridgehead atoms. The minimum atomic E-state index is -0.255. The van der Waals surface area contributed by atoms with Crippen molar-refractivity contribution in [1.82, 2.24) is 10.2 Å². The number of esters is 1. The predicted molar refractivity (Wildman–Crippen MR) is 87.2 cm³/mol. The zero-order valence-corrected chi connectivity index (χ0v) is 13.5. The van der Waals surface area contributed by atoms with E-state index in [1.807, 2.05) is 49.2 Å². The van der Waals surface area contributed by atoms with Gasteiger partial charge >= 0.3 is 5.97 Å². The second-order valence-electron chi connectivity index (χ2n) is 4.64. The van der Waals surface area contributed by atoms with Gasteiger partial charge in [0.15, 0.2) is 5.96 Å². The van der Waals surface area contributed by atoms with Gasteiger partial charge in [-0.2, -0.15) is 0 Å². The van der Waals surface area contributed by atoms with Crippen LogP contribution in [0.2, 0.25) is 0 Å². The van der Waals surface area contributed by atoms with Gasteiger partial charge in [-0.3, -0.25) is 9.79 Å². The number of ether oxygens (including phenoxy) is 2. The molecule has 0 heterocycles. The van der Waals surface area contributed by atoms with Gasteiger partial charge in [-0.1, -0.05) is 18.2 Å². The van der Waals surface area contributed by atoms with Crippen LogP contribution in [-0.4, -0.2) is 57.2 Å². The average molecular weight is 307 g/mol. The van der Waals surface area contributed by atoms with E-state index in [4.69, 9.17) is 4.74 Å². The van der Waals surface area contributed by atoms with E-state index in [1.54, 1.807) is 0 Å². The molecule has 1 aromatic rings. The molecule has 0 aliphatic carbocycles. The summed E-state index contributed by atoms with van der Waals surface area (Å²) in [5.74, 6) is 1.35. The van der Waals surface area contributed by atoms with Crippen LogP contribution in [0.25, 0.3) is 0 Å². The number of rotatable bonds is 8. The van der Waals surface area contributed by atoms with Crippen molar-refractivity contribution in [3.63, 3.8) is 0 Å². The van der Waals surface area contributed by atoms with Gasteiger partial charge in [-0.05, 0) is 19.1 Å². The van der Waals surface area contributed by atoms with Gasteiger partial charge in [-0.25, -0.2) is 0 Å². The Kier molecular flexibility index (Phi) is 8.49. The van der Waals surface area contributed by atoms with E-state index < -0.39 is 0 Å². The SMILES string of the molecule is CCNC(=NCCC(=O)OC)N(C)CCOc1ccccc1. The molecule has 0 aliphatic rings. The van der Waals surface area contributed by atoms with E-state index in [0.717, 1.165) is 18.3 Å². The highest BCUT2D eigenvalue weighted by atomic mass is 16.5. The standard InChI is InChI=1S/C16H25N3O3/c1-4-17-16(18-11-10-15(20)21-3)19(2)12-13-22-14-8-6-5-7-9-14/h5-9H,4,10-13H2,1-3H3,(H,17,18). The summed E-state index contributed by atoms with van der Waals surface area (Å²) < 4.78 is 10.3. The molecule has 1 rings (SSSR count). The first-order valence-corrected chi connectivity index (χ1v) is 7.41. The predicted octanol–water partition coefficient (Wildman–Crippen LogP) is 1.53. The van der Waals surface area contributed by atoms with E-state index in [2.05, 4.69) is 15.0 Å². The fourth-order valence-corrected chi connectivity index (χ4v) is 1.75. The molecule has 0 unspecified atom stereocenters. The molecule has 0 radical (unpaired) electrons. The Morgan fingerprint density at radius 1 is 1.32 bits per heavy atom. The second-order valence-corrected chi connectivity index (χ2v) is 4.64. The van der Waals surface area contributed by atoms with Gasteiger partial charge in [0.2, 0.25) is 0 Å². The number of guanidine groups is 1. The molecular formula is C16H25N3O3. The van der Waals surface area contributed by atoms with Gasteiger partial charge in [-0.15, -0.1) is 0 Å². The quantitative estimate of drug-likeness (QED) is 0.448. The Balaban J connectivity index is 2.41. The Hall–Kier alpha value is -2.24. The molecule has 0 atom stereocenters. The minimum absolute atomic E-state index is 0.255. The first-order chi connectivity index (χ1) is 10.7. The summed E-state index contributed by atoms with van der Waals surface area (Å²) in [4.78, 5) is 17.5. The van der Waals surface area contributed by atoms with Crippen LogP contribution >= 0.6 is 0 Å². The number of nitrogens with zero attached hydrogens (tertiary/aromatic N) is 2. The van der Waals surface area contributed by atoms with Crippen LogP contribution in [0.3, 0.4) is 0 Å². The maximum atomic E-state index is 11.1. The van der Waals surface area contributed by atoms with Crippen molar-refractivity contribution in [2.45, 2.75) is 13.3 Å². The molecule has 1 N–H and O–H groups in total. The van der Waals surface area contributed by atoms with Crippen LogP contribution in [0.15, 0.2) is 35.3 Å². The fraction of sp³-hybridized carbons (Fsp3) is 0.500. The normalized spacial score (nSPS) is 11.0. The molecular weight excluding hydrogens is 282 g/mol. The minimum Gasteiger partial charge on any atom is -0.492 e. The van der Waals surface area contributed by atoms with Gasteiger partial charge in [0.25, 0.3) is 0 Å². The van der Waals surface area contributed by atoms with Gasteiger partial charge in [0.1, 0.15) is 12.4 Å². The molecule has 122 valence electrons. The molecule has 0 fully saturated rings. The summed E-state index contributed by atoms with van der Waals surface area (Å²) in [6, 6.07) is 9.69. The maximum Gasteiger partial charge on any atom is 0.307 e. The van der Waals surface area contributed by atoms with Crippen LogP contribution in [0.4, 0.5) is 0 Å². The Bertz CT molecular complexity index is 463. The molecule has 6 nitrogen and oxygen atoms in total. The first-order valence-electron chi connectivity index (χ1n) is 7.41. The third-order valence-corrected chi connectivity index (χ3v) is 2.94. The largest absolute Gasteiger partial charge is 0.492 e. The molecule has 22 heavy (non-hydrogen) atoms. The lowest BCUT2D eigenvalue weighted by Gasteiger charge is -2.22. The summed E-state index contributed by atoms with van der Waals surface area (Å²) in [6.45, 7) is 4.42. The van der Waals surface area contributed by atoms with E-state index in [9.17, 15) is 4.79 Å². The Morgan fingerprint density at radius 2 is 2.05 bits per heavy atom. The lowest BCUT2D eigenvalue weighted by atomic mass is 10.3. The number of carbonyl (C=O) groups is 1. The van der Waals surface area contributed by atoms with Crippen LogP contribution in [0.5, 0.6) is 5.75 Å². The number of nitrogens with one attached hydrogen (secondary N) is 1. The molecule has 0 amide bonds. The average Bonchev–Trinajstić information content (AvgIpc) is 2.54. The summed E-state index contributed by atoms with van der Waals surface area (Å²) >= 11 is 0. The zero-order chi connectivity index (χ0) is 16.2. The van der Waals surface area contributed by atoms with Gasteiger partial charge < -0.3 is 19.7 Å². The number of benzene rings is 1. The molecule has 0 aromatic heterocycles. The summed E-state index contributed by atoms with van der Waals surface area (Å²) in [5, 5.41) is 3.19. The molecule has 0 spiro atoms. The highest BCUT2D eigenvalue weighted by Crippen LogP contribution is 2.07. The van der Waals surface area contributed by atoms with E-state index in [-0.39, 0.29) is 12.4 Å². The molecule has 0 saturated carbocycles.